The van der Waals surface area contributed by atoms with Crippen molar-refractivity contribution in [2.75, 3.05) is 23.9 Å². The van der Waals surface area contributed by atoms with Gasteiger partial charge in [-0.2, -0.15) is 23.5 Å². The molecular weight excluding hydrogens is 200 g/mol. The van der Waals surface area contributed by atoms with Crippen molar-refractivity contribution in [3.63, 3.8) is 0 Å². The second-order valence-electron chi connectivity index (χ2n) is 3.05. The van der Waals surface area contributed by atoms with Gasteiger partial charge in [0, 0.05) is 22.5 Å². The molecule has 0 radical (unpaired) electrons. The van der Waals surface area contributed by atoms with Crippen LogP contribution < -0.4 is 0 Å². The van der Waals surface area contributed by atoms with Crippen molar-refractivity contribution in [2.45, 2.75) is 25.0 Å². The fraction of sp³-hybridized carbons (Fsp3) is 0.800. The second-order valence-corrected chi connectivity index (χ2v) is 5.61. The number of thioether (sulfide) groups is 2. The number of hydrogen-bond acceptors (Lipinski definition) is 3. The highest BCUT2D eigenvalue weighted by Crippen LogP contribution is 2.26. The largest absolute Gasteiger partial charge is 0.502 e. The molecule has 76 valence electrons. The molecule has 1 saturated heterocycles. The lowest BCUT2D eigenvalue weighted by Gasteiger charge is -2.20. The van der Waals surface area contributed by atoms with E-state index in [4.69, 9.17) is 4.74 Å². The van der Waals surface area contributed by atoms with Gasteiger partial charge in [0.2, 0.25) is 0 Å². The van der Waals surface area contributed by atoms with Crippen LogP contribution in [0.4, 0.5) is 0 Å². The fourth-order valence-electron chi connectivity index (χ4n) is 1.26. The van der Waals surface area contributed by atoms with Gasteiger partial charge in [-0.15, -0.1) is 0 Å². The molecular formula is C10H18OS2. The Morgan fingerprint density at radius 1 is 1.46 bits per heavy atom. The Morgan fingerprint density at radius 3 is 3.08 bits per heavy atom. The molecule has 1 aliphatic rings. The topological polar surface area (TPSA) is 9.23 Å². The van der Waals surface area contributed by atoms with Gasteiger partial charge in [-0.05, 0) is 19.8 Å². The number of allylic oxidation sites excluding steroid dienone is 1. The molecule has 1 rings (SSSR count). The van der Waals surface area contributed by atoms with Gasteiger partial charge in [0.15, 0.2) is 0 Å². The molecule has 3 heteroatoms. The summed E-state index contributed by atoms with van der Waals surface area (Å²) >= 11 is 4.23. The van der Waals surface area contributed by atoms with Crippen molar-refractivity contribution in [3.05, 3.63) is 12.3 Å². The molecule has 0 aromatic heterocycles. The predicted molar refractivity (Wildman–Crippen MR) is 63.6 cm³/mol. The molecule has 0 aliphatic carbocycles. The zero-order valence-electron chi connectivity index (χ0n) is 8.20. The van der Waals surface area contributed by atoms with E-state index in [1.807, 2.05) is 13.0 Å². The average Bonchev–Trinajstić information content (AvgIpc) is 2.19. The Hall–Kier alpha value is 0.240. The zero-order valence-corrected chi connectivity index (χ0v) is 9.83. The summed E-state index contributed by atoms with van der Waals surface area (Å²) in [4.78, 5) is 0. The Balaban J connectivity index is 1.92. The summed E-state index contributed by atoms with van der Waals surface area (Å²) in [7, 11) is 0. The van der Waals surface area contributed by atoms with Crippen molar-refractivity contribution in [2.24, 2.45) is 0 Å². The third kappa shape index (κ3) is 5.53. The molecule has 1 aliphatic heterocycles. The van der Waals surface area contributed by atoms with Gasteiger partial charge >= 0.3 is 0 Å². The first-order chi connectivity index (χ1) is 6.43. The van der Waals surface area contributed by atoms with Gasteiger partial charge in [-0.3, -0.25) is 0 Å². The van der Waals surface area contributed by atoms with Crippen molar-refractivity contribution in [3.8, 4) is 0 Å². The van der Waals surface area contributed by atoms with Crippen LogP contribution in [-0.2, 0) is 4.74 Å². The minimum absolute atomic E-state index is 0.881. The van der Waals surface area contributed by atoms with Gasteiger partial charge in [0.1, 0.15) is 0 Å². The zero-order chi connectivity index (χ0) is 9.36. The Kier molecular flexibility index (Phi) is 6.64. The number of ether oxygens (including phenoxy) is 1. The van der Waals surface area contributed by atoms with E-state index in [-0.39, 0.29) is 0 Å². The predicted octanol–water partition coefficient (Wildman–Crippen LogP) is 3.17. The first-order valence-electron chi connectivity index (χ1n) is 4.85. The minimum atomic E-state index is 0.881. The molecule has 13 heavy (non-hydrogen) atoms. The molecule has 1 atom stereocenters. The second kappa shape index (κ2) is 7.63. The highest BCUT2D eigenvalue weighted by atomic mass is 32.2. The Morgan fingerprint density at radius 2 is 2.38 bits per heavy atom. The van der Waals surface area contributed by atoms with Gasteiger partial charge in [-0.1, -0.05) is 6.08 Å². The van der Waals surface area contributed by atoms with Gasteiger partial charge < -0.3 is 4.74 Å². The van der Waals surface area contributed by atoms with Crippen LogP contribution in [0.5, 0.6) is 0 Å². The normalized spacial score (nSPS) is 23.6. The summed E-state index contributed by atoms with van der Waals surface area (Å²) in [6, 6.07) is 0. The van der Waals surface area contributed by atoms with Gasteiger partial charge in [0.25, 0.3) is 0 Å². The maximum atomic E-state index is 5.28. The van der Waals surface area contributed by atoms with Crippen LogP contribution in [0.2, 0.25) is 0 Å². The van der Waals surface area contributed by atoms with Crippen LogP contribution in [0.25, 0.3) is 0 Å². The summed E-state index contributed by atoms with van der Waals surface area (Å²) in [6.45, 7) is 2.86. The van der Waals surface area contributed by atoms with E-state index in [2.05, 4.69) is 23.5 Å². The minimum Gasteiger partial charge on any atom is -0.502 e. The van der Waals surface area contributed by atoms with E-state index in [0.29, 0.717) is 0 Å². The summed E-state index contributed by atoms with van der Waals surface area (Å²) < 4.78 is 5.28. The van der Waals surface area contributed by atoms with E-state index in [0.717, 1.165) is 11.9 Å². The molecule has 0 aromatic rings. The van der Waals surface area contributed by atoms with Crippen LogP contribution >= 0.6 is 23.5 Å². The van der Waals surface area contributed by atoms with E-state index in [9.17, 15) is 0 Å². The average molecular weight is 218 g/mol. The van der Waals surface area contributed by atoms with Crippen LogP contribution in [0, 0.1) is 0 Å². The van der Waals surface area contributed by atoms with E-state index in [1.165, 1.54) is 30.1 Å². The first-order valence-corrected chi connectivity index (χ1v) is 7.06. The molecule has 0 saturated carbocycles. The van der Waals surface area contributed by atoms with Crippen molar-refractivity contribution >= 4 is 23.5 Å². The van der Waals surface area contributed by atoms with Crippen LogP contribution in [0.15, 0.2) is 12.3 Å². The molecule has 0 spiro atoms. The molecule has 0 amide bonds. The quantitative estimate of drug-likeness (QED) is 0.518. The Bertz CT molecular complexity index is 142. The monoisotopic (exact) mass is 218 g/mol. The van der Waals surface area contributed by atoms with Crippen LogP contribution in [-0.4, -0.2) is 29.1 Å². The highest BCUT2D eigenvalue weighted by molar-refractivity contribution is 8.06. The van der Waals surface area contributed by atoms with E-state index in [1.54, 1.807) is 6.26 Å². The third-order valence-corrected chi connectivity index (χ3v) is 4.82. The Labute approximate surface area is 89.7 Å². The lowest BCUT2D eigenvalue weighted by Crippen LogP contribution is -2.14. The van der Waals surface area contributed by atoms with Gasteiger partial charge in [0.05, 0.1) is 12.9 Å². The summed E-state index contributed by atoms with van der Waals surface area (Å²) in [5.41, 5.74) is 0. The van der Waals surface area contributed by atoms with E-state index < -0.39 is 0 Å². The highest BCUT2D eigenvalue weighted by Gasteiger charge is 2.13. The number of rotatable bonds is 5. The lowest BCUT2D eigenvalue weighted by atomic mass is 10.2. The lowest BCUT2D eigenvalue weighted by molar-refractivity contribution is 0.242. The van der Waals surface area contributed by atoms with Crippen molar-refractivity contribution < 1.29 is 4.74 Å². The third-order valence-electron chi connectivity index (χ3n) is 1.91. The van der Waals surface area contributed by atoms with Gasteiger partial charge in [-0.25, -0.2) is 0 Å². The first kappa shape index (κ1) is 11.3. The molecule has 0 N–H and O–H groups in total. The molecule has 0 aromatic carbocycles. The molecule has 1 heterocycles. The van der Waals surface area contributed by atoms with Crippen LogP contribution in [0.1, 0.15) is 19.8 Å². The maximum Gasteiger partial charge on any atom is 0.0873 e. The molecule has 1 fully saturated rings. The van der Waals surface area contributed by atoms with Crippen molar-refractivity contribution in [1.82, 2.24) is 0 Å². The van der Waals surface area contributed by atoms with Crippen molar-refractivity contribution in [1.29, 1.82) is 0 Å². The maximum absolute atomic E-state index is 5.28. The van der Waals surface area contributed by atoms with Crippen LogP contribution in [0.3, 0.4) is 0 Å². The standard InChI is InChI=1S/C10H18OS2/c1-2-5-11-6-3-4-10-9-12-7-8-13-10/h2,5,10H,3-4,6-9H2,1H3/b5-2+. The van der Waals surface area contributed by atoms with E-state index >= 15 is 0 Å². The summed E-state index contributed by atoms with van der Waals surface area (Å²) in [6.07, 6.45) is 6.23. The smallest absolute Gasteiger partial charge is 0.0873 e. The number of hydrogen-bond donors (Lipinski definition) is 0. The molecule has 1 nitrogen and oxygen atoms in total. The molecule has 0 bridgehead atoms. The fourth-order valence-corrected chi connectivity index (χ4v) is 4.05. The summed E-state index contributed by atoms with van der Waals surface area (Å²) in [5.74, 6) is 4.02. The summed E-state index contributed by atoms with van der Waals surface area (Å²) in [5, 5.41) is 0.882. The SMILES string of the molecule is C/C=C/OCCCC1CSCCS1. The molecule has 1 unspecified atom stereocenters.